The number of ether oxygens (including phenoxy) is 2. The lowest BCUT2D eigenvalue weighted by atomic mass is 9.66. The van der Waals surface area contributed by atoms with Gasteiger partial charge in [0.1, 0.15) is 10.8 Å². The molecule has 26 heavy (non-hydrogen) atoms. The number of hydrogen-bond donors (Lipinski definition) is 0. The lowest BCUT2D eigenvalue weighted by molar-refractivity contribution is -0.145. The first-order chi connectivity index (χ1) is 12.3. The van der Waals surface area contributed by atoms with Crippen LogP contribution >= 0.6 is 23.2 Å². The molecular weight excluding hydrogens is 375 g/mol. The van der Waals surface area contributed by atoms with Crippen molar-refractivity contribution in [3.05, 3.63) is 33.3 Å². The molecule has 2 aliphatic carbocycles. The van der Waals surface area contributed by atoms with Gasteiger partial charge in [0.15, 0.2) is 12.4 Å². The molecule has 1 atom stereocenters. The molecule has 0 fully saturated rings. The van der Waals surface area contributed by atoms with E-state index in [0.717, 1.165) is 29.5 Å². The lowest BCUT2D eigenvalue weighted by Gasteiger charge is -2.37. The number of esters is 1. The maximum absolute atomic E-state index is 12.1. The molecule has 2 aliphatic rings. The third-order valence-electron chi connectivity index (χ3n) is 5.45. The van der Waals surface area contributed by atoms with Gasteiger partial charge in [-0.2, -0.15) is 0 Å². The summed E-state index contributed by atoms with van der Waals surface area (Å²) in [5, 5.41) is 0.639. The van der Waals surface area contributed by atoms with Gasteiger partial charge in [-0.3, -0.25) is 4.79 Å². The zero-order valence-electron chi connectivity index (χ0n) is 15.2. The zero-order valence-corrected chi connectivity index (χ0v) is 16.7. The number of hydrogen-bond acceptors (Lipinski definition) is 4. The van der Waals surface area contributed by atoms with Gasteiger partial charge in [0.25, 0.3) is 0 Å². The summed E-state index contributed by atoms with van der Waals surface area (Å²) in [6.07, 6.45) is 3.87. The predicted molar refractivity (Wildman–Crippen MR) is 102 cm³/mol. The van der Waals surface area contributed by atoms with Crippen LogP contribution in [0.1, 0.15) is 44.7 Å². The summed E-state index contributed by atoms with van der Waals surface area (Å²) in [5.41, 5.74) is 2.74. The van der Waals surface area contributed by atoms with E-state index in [2.05, 4.69) is 13.8 Å². The summed E-state index contributed by atoms with van der Waals surface area (Å²) in [6, 6.07) is 1.84. The van der Waals surface area contributed by atoms with Crippen LogP contribution in [0.3, 0.4) is 0 Å². The van der Waals surface area contributed by atoms with Gasteiger partial charge in [0.05, 0.1) is 11.6 Å². The number of halogens is 2. The van der Waals surface area contributed by atoms with Crippen LogP contribution in [0.4, 0.5) is 0 Å². The van der Waals surface area contributed by atoms with Crippen LogP contribution in [-0.4, -0.2) is 25.0 Å². The normalized spacial score (nSPS) is 21.3. The van der Waals surface area contributed by atoms with Crippen LogP contribution in [0.25, 0.3) is 5.57 Å². The fourth-order valence-electron chi connectivity index (χ4n) is 4.03. The molecule has 4 nitrogen and oxygen atoms in total. The highest BCUT2D eigenvalue weighted by molar-refractivity contribution is 6.44. The van der Waals surface area contributed by atoms with E-state index in [-0.39, 0.29) is 22.8 Å². The maximum Gasteiger partial charge on any atom is 0.344 e. The van der Waals surface area contributed by atoms with E-state index in [9.17, 15) is 9.59 Å². The Morgan fingerprint density at radius 2 is 2.04 bits per heavy atom. The van der Waals surface area contributed by atoms with Crippen molar-refractivity contribution in [3.63, 3.8) is 0 Å². The van der Waals surface area contributed by atoms with Gasteiger partial charge < -0.3 is 9.47 Å². The Labute approximate surface area is 163 Å². The largest absolute Gasteiger partial charge is 0.480 e. The molecule has 140 valence electrons. The van der Waals surface area contributed by atoms with Gasteiger partial charge in [0, 0.05) is 17.4 Å². The number of benzene rings is 1. The number of ketones is 1. The average Bonchev–Trinajstić information content (AvgIpc) is 2.92. The molecule has 0 heterocycles. The molecule has 1 aromatic carbocycles. The van der Waals surface area contributed by atoms with Crippen molar-refractivity contribution in [1.82, 2.24) is 0 Å². The van der Waals surface area contributed by atoms with Crippen molar-refractivity contribution in [2.45, 2.75) is 40.0 Å². The minimum atomic E-state index is -0.458. The molecule has 0 saturated heterocycles. The highest BCUT2D eigenvalue weighted by Gasteiger charge is 2.47. The fraction of sp³-hybridized carbons (Fsp3) is 0.500. The molecule has 0 aliphatic heterocycles. The summed E-state index contributed by atoms with van der Waals surface area (Å²) in [5.74, 6) is 0.390. The van der Waals surface area contributed by atoms with Crippen molar-refractivity contribution in [2.75, 3.05) is 13.2 Å². The average molecular weight is 397 g/mol. The van der Waals surface area contributed by atoms with Crippen LogP contribution in [0.2, 0.25) is 10.0 Å². The van der Waals surface area contributed by atoms with E-state index < -0.39 is 5.97 Å². The molecule has 1 unspecified atom stereocenters. The quantitative estimate of drug-likeness (QED) is 0.665. The Kier molecular flexibility index (Phi) is 5.36. The SMILES string of the molecule is CCOC(=O)COc1cc2c(c(Cl)c1Cl)C1=CC(=O)CCC1(C(C)C)C2. The molecule has 0 aromatic heterocycles. The predicted octanol–water partition coefficient (Wildman–Crippen LogP) is 4.88. The summed E-state index contributed by atoms with van der Waals surface area (Å²) >= 11 is 13.0. The Morgan fingerprint density at radius 1 is 1.31 bits per heavy atom. The van der Waals surface area contributed by atoms with Crippen molar-refractivity contribution >= 4 is 40.5 Å². The third kappa shape index (κ3) is 3.14. The molecular formula is C20H22Cl2O4. The van der Waals surface area contributed by atoms with Crippen LogP contribution in [-0.2, 0) is 20.7 Å². The summed E-state index contributed by atoms with van der Waals surface area (Å²) in [7, 11) is 0. The molecule has 3 rings (SSSR count). The summed E-state index contributed by atoms with van der Waals surface area (Å²) in [6.45, 7) is 6.14. The second kappa shape index (κ2) is 7.24. The highest BCUT2D eigenvalue weighted by Crippen LogP contribution is 2.59. The van der Waals surface area contributed by atoms with E-state index in [1.54, 1.807) is 13.0 Å². The number of rotatable bonds is 5. The van der Waals surface area contributed by atoms with E-state index in [0.29, 0.717) is 29.7 Å². The summed E-state index contributed by atoms with van der Waals surface area (Å²) < 4.78 is 10.4. The first kappa shape index (κ1) is 19.2. The minimum absolute atomic E-state index is 0.108. The maximum atomic E-state index is 12.1. The van der Waals surface area contributed by atoms with Crippen LogP contribution in [0.5, 0.6) is 5.75 Å². The monoisotopic (exact) mass is 396 g/mol. The molecule has 0 bridgehead atoms. The first-order valence-electron chi connectivity index (χ1n) is 8.84. The van der Waals surface area contributed by atoms with Gasteiger partial charge in [-0.05, 0) is 49.0 Å². The molecule has 0 N–H and O–H groups in total. The lowest BCUT2D eigenvalue weighted by Crippen LogP contribution is -2.31. The smallest absolute Gasteiger partial charge is 0.344 e. The van der Waals surface area contributed by atoms with Gasteiger partial charge in [-0.1, -0.05) is 37.0 Å². The van der Waals surface area contributed by atoms with Crippen LogP contribution in [0.15, 0.2) is 12.1 Å². The van der Waals surface area contributed by atoms with Crippen molar-refractivity contribution in [2.24, 2.45) is 11.3 Å². The van der Waals surface area contributed by atoms with E-state index in [4.69, 9.17) is 32.7 Å². The summed E-state index contributed by atoms with van der Waals surface area (Å²) in [4.78, 5) is 23.6. The topological polar surface area (TPSA) is 52.6 Å². The Bertz CT molecular complexity index is 797. The van der Waals surface area contributed by atoms with E-state index in [1.807, 2.05) is 6.07 Å². The highest BCUT2D eigenvalue weighted by atomic mass is 35.5. The van der Waals surface area contributed by atoms with Crippen molar-refractivity contribution in [3.8, 4) is 5.75 Å². The third-order valence-corrected chi connectivity index (χ3v) is 6.30. The number of allylic oxidation sites excluding steroid dienone is 2. The van der Waals surface area contributed by atoms with Crippen LogP contribution < -0.4 is 4.74 Å². The van der Waals surface area contributed by atoms with Gasteiger partial charge in [-0.15, -0.1) is 0 Å². The van der Waals surface area contributed by atoms with Gasteiger partial charge >= 0.3 is 5.97 Å². The molecule has 0 saturated carbocycles. The number of fused-ring (bicyclic) bond motifs is 3. The number of carbonyl (C=O) groups is 2. The van der Waals surface area contributed by atoms with Crippen LogP contribution in [0, 0.1) is 11.3 Å². The van der Waals surface area contributed by atoms with Crippen molar-refractivity contribution in [1.29, 1.82) is 0 Å². The van der Waals surface area contributed by atoms with Gasteiger partial charge in [-0.25, -0.2) is 4.79 Å². The van der Waals surface area contributed by atoms with E-state index in [1.165, 1.54) is 0 Å². The Hall–Kier alpha value is -1.52. The number of carbonyl (C=O) groups excluding carboxylic acids is 2. The van der Waals surface area contributed by atoms with Crippen molar-refractivity contribution < 1.29 is 19.1 Å². The second-order valence-electron chi connectivity index (χ2n) is 7.14. The standard InChI is InChI=1S/C20H22Cl2O4/c1-4-25-16(24)10-26-15-7-12-9-20(11(2)3)6-5-13(23)8-14(20)17(12)19(22)18(15)21/h7-8,11H,4-6,9-10H2,1-3H3. The molecule has 0 spiro atoms. The minimum Gasteiger partial charge on any atom is -0.480 e. The second-order valence-corrected chi connectivity index (χ2v) is 7.90. The van der Waals surface area contributed by atoms with E-state index >= 15 is 0 Å². The molecule has 6 heteroatoms. The zero-order chi connectivity index (χ0) is 19.1. The Balaban J connectivity index is 2.01. The fourth-order valence-corrected chi connectivity index (χ4v) is 4.55. The first-order valence-corrected chi connectivity index (χ1v) is 9.60. The van der Waals surface area contributed by atoms with Gasteiger partial charge in [0.2, 0.25) is 0 Å². The molecule has 0 amide bonds. The Morgan fingerprint density at radius 3 is 2.69 bits per heavy atom. The molecule has 1 aromatic rings. The molecule has 0 radical (unpaired) electrons.